The van der Waals surface area contributed by atoms with E-state index in [9.17, 15) is 13.2 Å². The van der Waals surface area contributed by atoms with Gasteiger partial charge in [0, 0.05) is 10.6 Å². The van der Waals surface area contributed by atoms with E-state index in [0.29, 0.717) is 5.02 Å². The second-order valence-electron chi connectivity index (χ2n) is 4.22. The molecule has 3 nitrogen and oxygen atoms in total. The molecule has 0 heterocycles. The molecular weight excluding hydrogens is 319 g/mol. The Labute approximate surface area is 129 Å². The molecule has 2 aromatic rings. The molecule has 0 aliphatic heterocycles. The van der Waals surface area contributed by atoms with Crippen molar-refractivity contribution in [3.8, 4) is 5.75 Å². The van der Waals surface area contributed by atoms with Gasteiger partial charge < -0.3 is 9.57 Å². The highest BCUT2D eigenvalue weighted by molar-refractivity contribution is 6.30. The number of para-hydroxylation sites is 1. The van der Waals surface area contributed by atoms with E-state index < -0.39 is 6.36 Å². The Hall–Kier alpha value is -2.21. The molecule has 0 spiro atoms. The standard InChI is InChI=1S/C15H11ClF3NO2/c16-13-7-5-11(6-8-13)9-20-21-10-12-3-1-2-4-14(12)22-15(17,18)19/h1-9H,10H2. The Balaban J connectivity index is 1.95. The summed E-state index contributed by atoms with van der Waals surface area (Å²) < 4.78 is 40.7. The predicted octanol–water partition coefficient (Wildman–Crippen LogP) is 4.79. The third-order valence-corrected chi connectivity index (χ3v) is 2.82. The van der Waals surface area contributed by atoms with E-state index in [1.807, 2.05) is 0 Å². The normalized spacial score (nSPS) is 11.6. The average Bonchev–Trinajstić information content (AvgIpc) is 2.45. The van der Waals surface area contributed by atoms with Crippen molar-refractivity contribution in [1.82, 2.24) is 0 Å². The predicted molar refractivity (Wildman–Crippen MR) is 77.0 cm³/mol. The van der Waals surface area contributed by atoms with E-state index in [1.165, 1.54) is 24.4 Å². The van der Waals surface area contributed by atoms with Crippen molar-refractivity contribution < 1.29 is 22.7 Å². The van der Waals surface area contributed by atoms with Crippen LogP contribution in [0.3, 0.4) is 0 Å². The van der Waals surface area contributed by atoms with Crippen LogP contribution in [0.4, 0.5) is 13.2 Å². The topological polar surface area (TPSA) is 30.8 Å². The molecule has 0 fully saturated rings. The van der Waals surface area contributed by atoms with Crippen molar-refractivity contribution in [2.75, 3.05) is 0 Å². The first-order valence-electron chi connectivity index (χ1n) is 6.18. The fourth-order valence-corrected chi connectivity index (χ4v) is 1.73. The van der Waals surface area contributed by atoms with Crippen LogP contribution in [0.1, 0.15) is 11.1 Å². The Morgan fingerprint density at radius 3 is 2.41 bits per heavy atom. The molecule has 0 aromatic heterocycles. The van der Waals surface area contributed by atoms with E-state index in [0.717, 1.165) is 5.56 Å². The molecule has 7 heteroatoms. The number of oxime groups is 1. The summed E-state index contributed by atoms with van der Waals surface area (Å²) in [5.74, 6) is -0.309. The van der Waals surface area contributed by atoms with Crippen molar-refractivity contribution in [3.63, 3.8) is 0 Å². The molecule has 0 radical (unpaired) electrons. The zero-order chi connectivity index (χ0) is 16.0. The summed E-state index contributed by atoms with van der Waals surface area (Å²) in [5.41, 5.74) is 0.998. The number of rotatable bonds is 5. The first kappa shape index (κ1) is 16.2. The lowest BCUT2D eigenvalue weighted by atomic mass is 10.2. The maximum Gasteiger partial charge on any atom is 0.573 e. The lowest BCUT2D eigenvalue weighted by Crippen LogP contribution is -2.18. The molecule has 116 valence electrons. The van der Waals surface area contributed by atoms with Gasteiger partial charge in [0.05, 0.1) is 6.21 Å². The first-order valence-corrected chi connectivity index (χ1v) is 6.56. The summed E-state index contributed by atoms with van der Waals surface area (Å²) in [6.45, 7) is -0.143. The van der Waals surface area contributed by atoms with Gasteiger partial charge in [-0.3, -0.25) is 0 Å². The largest absolute Gasteiger partial charge is 0.573 e. The maximum atomic E-state index is 12.3. The Bertz CT molecular complexity index is 642. The van der Waals surface area contributed by atoms with Gasteiger partial charge in [0.1, 0.15) is 12.4 Å². The lowest BCUT2D eigenvalue weighted by Gasteiger charge is -2.12. The van der Waals surface area contributed by atoms with Gasteiger partial charge in [-0.1, -0.05) is 47.1 Å². The maximum absolute atomic E-state index is 12.3. The minimum atomic E-state index is -4.75. The summed E-state index contributed by atoms with van der Waals surface area (Å²) in [6, 6.07) is 12.6. The van der Waals surface area contributed by atoms with Crippen LogP contribution in [0.5, 0.6) is 5.75 Å². The van der Waals surface area contributed by atoms with E-state index in [4.69, 9.17) is 16.4 Å². The van der Waals surface area contributed by atoms with Crippen molar-refractivity contribution in [2.45, 2.75) is 13.0 Å². The average molecular weight is 330 g/mol. The summed E-state index contributed by atoms with van der Waals surface area (Å²) >= 11 is 5.74. The van der Waals surface area contributed by atoms with E-state index in [2.05, 4.69) is 9.89 Å². The Morgan fingerprint density at radius 1 is 1.05 bits per heavy atom. The highest BCUT2D eigenvalue weighted by Crippen LogP contribution is 2.26. The van der Waals surface area contributed by atoms with Crippen molar-refractivity contribution in [3.05, 3.63) is 64.7 Å². The third kappa shape index (κ3) is 5.29. The molecule has 0 amide bonds. The van der Waals surface area contributed by atoms with E-state index >= 15 is 0 Å². The molecule has 0 atom stereocenters. The number of nitrogens with zero attached hydrogens (tertiary/aromatic N) is 1. The van der Waals surface area contributed by atoms with Crippen LogP contribution in [0.2, 0.25) is 5.02 Å². The molecular formula is C15H11ClF3NO2. The Morgan fingerprint density at radius 2 is 1.73 bits per heavy atom. The monoisotopic (exact) mass is 329 g/mol. The lowest BCUT2D eigenvalue weighted by molar-refractivity contribution is -0.275. The number of alkyl halides is 3. The number of hydrogen-bond acceptors (Lipinski definition) is 3. The SMILES string of the molecule is FC(F)(F)Oc1ccccc1CON=Cc1ccc(Cl)cc1. The highest BCUT2D eigenvalue weighted by atomic mass is 35.5. The van der Waals surface area contributed by atoms with Crippen LogP contribution in [0, 0.1) is 0 Å². The van der Waals surface area contributed by atoms with Crippen LogP contribution in [-0.4, -0.2) is 12.6 Å². The van der Waals surface area contributed by atoms with Crippen LogP contribution >= 0.6 is 11.6 Å². The summed E-state index contributed by atoms with van der Waals surface area (Å²) in [4.78, 5) is 5.00. The molecule has 0 unspecified atom stereocenters. The van der Waals surface area contributed by atoms with Gasteiger partial charge in [-0.2, -0.15) is 0 Å². The van der Waals surface area contributed by atoms with Crippen molar-refractivity contribution >= 4 is 17.8 Å². The second-order valence-corrected chi connectivity index (χ2v) is 4.65. The van der Waals surface area contributed by atoms with Gasteiger partial charge in [-0.25, -0.2) is 0 Å². The van der Waals surface area contributed by atoms with Crippen LogP contribution < -0.4 is 4.74 Å². The molecule has 0 saturated heterocycles. The quantitative estimate of drug-likeness (QED) is 0.583. The molecule has 0 saturated carbocycles. The highest BCUT2D eigenvalue weighted by Gasteiger charge is 2.32. The first-order chi connectivity index (χ1) is 10.4. The van der Waals surface area contributed by atoms with Crippen molar-refractivity contribution in [2.24, 2.45) is 5.16 Å². The molecule has 22 heavy (non-hydrogen) atoms. The fraction of sp³-hybridized carbons (Fsp3) is 0.133. The number of hydrogen-bond donors (Lipinski definition) is 0. The van der Waals surface area contributed by atoms with E-state index in [1.54, 1.807) is 30.3 Å². The summed E-state index contributed by atoms with van der Waals surface area (Å²) in [6.07, 6.45) is -3.31. The molecule has 0 N–H and O–H groups in total. The van der Waals surface area contributed by atoms with Crippen LogP contribution in [0.25, 0.3) is 0 Å². The minimum Gasteiger partial charge on any atom is -0.405 e. The molecule has 0 aliphatic rings. The second kappa shape index (κ2) is 7.17. The van der Waals surface area contributed by atoms with E-state index in [-0.39, 0.29) is 17.9 Å². The van der Waals surface area contributed by atoms with Gasteiger partial charge in [-0.05, 0) is 23.8 Å². The molecule has 2 aromatic carbocycles. The van der Waals surface area contributed by atoms with Crippen molar-refractivity contribution in [1.29, 1.82) is 0 Å². The van der Waals surface area contributed by atoms with Gasteiger partial charge in [0.2, 0.25) is 0 Å². The molecule has 2 rings (SSSR count). The van der Waals surface area contributed by atoms with Gasteiger partial charge >= 0.3 is 6.36 Å². The smallest absolute Gasteiger partial charge is 0.405 e. The number of ether oxygens (including phenoxy) is 1. The van der Waals surface area contributed by atoms with Crippen LogP contribution in [0.15, 0.2) is 53.7 Å². The van der Waals surface area contributed by atoms with Crippen LogP contribution in [-0.2, 0) is 11.4 Å². The summed E-state index contributed by atoms with van der Waals surface area (Å²) in [5, 5.41) is 4.29. The zero-order valence-corrected chi connectivity index (χ0v) is 11.9. The number of halogens is 4. The van der Waals surface area contributed by atoms with Gasteiger partial charge in [0.25, 0.3) is 0 Å². The molecule has 0 bridgehead atoms. The molecule has 0 aliphatic carbocycles. The fourth-order valence-electron chi connectivity index (χ4n) is 1.60. The zero-order valence-electron chi connectivity index (χ0n) is 11.2. The Kier molecular flexibility index (Phi) is 5.27. The van der Waals surface area contributed by atoms with Gasteiger partial charge in [0.15, 0.2) is 0 Å². The minimum absolute atomic E-state index is 0.143. The third-order valence-electron chi connectivity index (χ3n) is 2.56. The van der Waals surface area contributed by atoms with Gasteiger partial charge in [-0.15, -0.1) is 13.2 Å². The number of benzene rings is 2. The summed E-state index contributed by atoms with van der Waals surface area (Å²) in [7, 11) is 0.